The number of nitrogen functional groups attached to an aromatic ring is 1. The highest BCUT2D eigenvalue weighted by Crippen LogP contribution is 2.10. The first-order valence-corrected chi connectivity index (χ1v) is 6.58. The maximum absolute atomic E-state index is 11.6. The molecule has 6 heteroatoms. The maximum atomic E-state index is 11.6. The first-order valence-electron chi connectivity index (χ1n) is 5.70. The molecule has 0 spiro atoms. The van der Waals surface area contributed by atoms with Gasteiger partial charge in [-0.15, -0.1) is 11.3 Å². The van der Waals surface area contributed by atoms with Crippen LogP contribution in [0.25, 0.3) is 0 Å². The molecule has 96 valence electrons. The molecule has 0 saturated carbocycles. The lowest BCUT2D eigenvalue weighted by Gasteiger charge is -2.20. The predicted octanol–water partition coefficient (Wildman–Crippen LogP) is 1.19. The lowest BCUT2D eigenvalue weighted by Crippen LogP contribution is -2.31. The van der Waals surface area contributed by atoms with Crippen molar-refractivity contribution in [3.63, 3.8) is 0 Å². The van der Waals surface area contributed by atoms with E-state index < -0.39 is 0 Å². The number of hydrogen-bond donors (Lipinski definition) is 2. The zero-order valence-electron chi connectivity index (χ0n) is 10.6. The van der Waals surface area contributed by atoms with Crippen LogP contribution < -0.4 is 11.1 Å². The molecule has 3 N–H and O–H groups in total. The summed E-state index contributed by atoms with van der Waals surface area (Å²) in [6, 6.07) is 0.532. The van der Waals surface area contributed by atoms with Gasteiger partial charge in [0.25, 0.3) is 5.91 Å². The topological polar surface area (TPSA) is 71.2 Å². The van der Waals surface area contributed by atoms with Gasteiger partial charge in [0.2, 0.25) is 0 Å². The van der Waals surface area contributed by atoms with Crippen LogP contribution in [0.15, 0.2) is 5.38 Å². The monoisotopic (exact) mass is 256 g/mol. The molecule has 0 atom stereocenters. The predicted molar refractivity (Wildman–Crippen MR) is 71.2 cm³/mol. The van der Waals surface area contributed by atoms with Crippen molar-refractivity contribution in [3.05, 3.63) is 11.1 Å². The molecule has 17 heavy (non-hydrogen) atoms. The van der Waals surface area contributed by atoms with E-state index in [4.69, 9.17) is 5.73 Å². The number of rotatable bonds is 6. The quantitative estimate of drug-likeness (QED) is 0.750. The zero-order chi connectivity index (χ0) is 12.8. The number of hydrogen-bond acceptors (Lipinski definition) is 5. The second-order valence-electron chi connectivity index (χ2n) is 4.25. The number of nitrogens with zero attached hydrogens (tertiary/aromatic N) is 2. The molecule has 0 unspecified atom stereocenters. The van der Waals surface area contributed by atoms with Crippen molar-refractivity contribution in [3.8, 4) is 0 Å². The van der Waals surface area contributed by atoms with Crippen LogP contribution in [0.4, 0.5) is 5.13 Å². The zero-order valence-corrected chi connectivity index (χ0v) is 11.4. The van der Waals surface area contributed by atoms with Gasteiger partial charge in [-0.2, -0.15) is 0 Å². The van der Waals surface area contributed by atoms with Gasteiger partial charge in [-0.05, 0) is 33.9 Å². The Bertz CT molecular complexity index is 364. The number of nitrogens with two attached hydrogens (primary N) is 1. The van der Waals surface area contributed by atoms with Gasteiger partial charge in [0.1, 0.15) is 5.69 Å². The van der Waals surface area contributed by atoms with Crippen LogP contribution >= 0.6 is 11.3 Å². The molecule has 0 fully saturated rings. The second-order valence-corrected chi connectivity index (χ2v) is 5.14. The van der Waals surface area contributed by atoms with Crippen LogP contribution in [-0.4, -0.2) is 42.0 Å². The fourth-order valence-corrected chi connectivity index (χ4v) is 1.81. The molecule has 0 saturated heterocycles. The average molecular weight is 256 g/mol. The van der Waals surface area contributed by atoms with Gasteiger partial charge in [-0.25, -0.2) is 4.98 Å². The highest BCUT2D eigenvalue weighted by Gasteiger charge is 2.09. The van der Waals surface area contributed by atoms with Gasteiger partial charge >= 0.3 is 0 Å². The van der Waals surface area contributed by atoms with E-state index in [0.717, 1.165) is 13.0 Å². The lowest BCUT2D eigenvalue weighted by molar-refractivity contribution is 0.0947. The summed E-state index contributed by atoms with van der Waals surface area (Å²) in [5.74, 6) is -0.148. The van der Waals surface area contributed by atoms with E-state index in [9.17, 15) is 4.79 Å². The van der Waals surface area contributed by atoms with Gasteiger partial charge in [0.05, 0.1) is 0 Å². The summed E-state index contributed by atoms with van der Waals surface area (Å²) in [5.41, 5.74) is 5.87. The fourth-order valence-electron chi connectivity index (χ4n) is 1.27. The van der Waals surface area contributed by atoms with Crippen LogP contribution in [0.1, 0.15) is 30.8 Å². The largest absolute Gasteiger partial charge is 0.375 e. The minimum atomic E-state index is -0.148. The van der Waals surface area contributed by atoms with Gasteiger partial charge in [0, 0.05) is 18.0 Å². The molecule has 0 radical (unpaired) electrons. The molecule has 0 aliphatic rings. The van der Waals surface area contributed by atoms with Gasteiger partial charge in [-0.3, -0.25) is 4.79 Å². The molecule has 1 heterocycles. The standard InChI is InChI=1S/C11H20N4OS/c1-8(2)15(3)6-4-5-13-10(16)9-7-17-11(12)14-9/h7-8H,4-6H2,1-3H3,(H2,12,14)(H,13,16). The molecule has 1 amide bonds. The van der Waals surface area contributed by atoms with Crippen molar-refractivity contribution < 1.29 is 4.79 Å². The molecule has 0 aliphatic heterocycles. The van der Waals surface area contributed by atoms with Crippen molar-refractivity contribution in [1.82, 2.24) is 15.2 Å². The summed E-state index contributed by atoms with van der Waals surface area (Å²) in [6.07, 6.45) is 0.931. The van der Waals surface area contributed by atoms with Crippen LogP contribution in [0.3, 0.4) is 0 Å². The highest BCUT2D eigenvalue weighted by molar-refractivity contribution is 7.13. The van der Waals surface area contributed by atoms with Gasteiger partial charge < -0.3 is 16.0 Å². The van der Waals surface area contributed by atoms with Crippen molar-refractivity contribution in [1.29, 1.82) is 0 Å². The van der Waals surface area contributed by atoms with Crippen LogP contribution in [-0.2, 0) is 0 Å². The Hall–Kier alpha value is -1.14. The minimum absolute atomic E-state index is 0.148. The Morgan fingerprint density at radius 1 is 1.65 bits per heavy atom. The third-order valence-corrected chi connectivity index (χ3v) is 3.28. The highest BCUT2D eigenvalue weighted by atomic mass is 32.1. The van der Waals surface area contributed by atoms with Crippen molar-refractivity contribution >= 4 is 22.4 Å². The summed E-state index contributed by atoms with van der Waals surface area (Å²) >= 11 is 1.28. The van der Waals surface area contributed by atoms with Crippen molar-refractivity contribution in [2.45, 2.75) is 26.3 Å². The number of aromatic nitrogens is 1. The molecule has 5 nitrogen and oxygen atoms in total. The van der Waals surface area contributed by atoms with E-state index in [0.29, 0.717) is 23.4 Å². The number of carbonyl (C=O) groups is 1. The molecule has 1 aromatic heterocycles. The first kappa shape index (κ1) is 13.9. The molecule has 1 rings (SSSR count). The minimum Gasteiger partial charge on any atom is -0.375 e. The molecule has 0 aliphatic carbocycles. The van der Waals surface area contributed by atoms with Gasteiger partial charge in [-0.1, -0.05) is 0 Å². The van der Waals surface area contributed by atoms with Crippen molar-refractivity contribution in [2.24, 2.45) is 0 Å². The van der Waals surface area contributed by atoms with E-state index in [1.807, 2.05) is 0 Å². The average Bonchev–Trinajstić information content (AvgIpc) is 2.70. The van der Waals surface area contributed by atoms with E-state index in [2.05, 4.69) is 36.1 Å². The molecular weight excluding hydrogens is 236 g/mol. The first-order chi connectivity index (χ1) is 8.00. The third-order valence-electron chi connectivity index (χ3n) is 2.61. The van der Waals surface area contributed by atoms with Crippen LogP contribution in [0.2, 0.25) is 0 Å². The Balaban J connectivity index is 2.21. The third kappa shape index (κ3) is 4.70. The summed E-state index contributed by atoms with van der Waals surface area (Å²) in [4.78, 5) is 17.8. The molecule has 0 bridgehead atoms. The van der Waals surface area contributed by atoms with E-state index >= 15 is 0 Å². The number of anilines is 1. The SMILES string of the molecule is CC(C)N(C)CCCNC(=O)c1csc(N)n1. The Morgan fingerprint density at radius 3 is 2.88 bits per heavy atom. The van der Waals surface area contributed by atoms with Crippen LogP contribution in [0, 0.1) is 0 Å². The lowest BCUT2D eigenvalue weighted by atomic mass is 10.3. The van der Waals surface area contributed by atoms with Gasteiger partial charge in [0.15, 0.2) is 5.13 Å². The van der Waals surface area contributed by atoms with Crippen molar-refractivity contribution in [2.75, 3.05) is 25.9 Å². The summed E-state index contributed by atoms with van der Waals surface area (Å²) in [6.45, 7) is 5.93. The molecular formula is C11H20N4OS. The maximum Gasteiger partial charge on any atom is 0.270 e. The van der Waals surface area contributed by atoms with E-state index in [-0.39, 0.29) is 5.91 Å². The smallest absolute Gasteiger partial charge is 0.270 e. The second kappa shape index (κ2) is 6.56. The Kier molecular flexibility index (Phi) is 5.37. The fraction of sp³-hybridized carbons (Fsp3) is 0.636. The number of carbonyl (C=O) groups excluding carboxylic acids is 1. The number of thiazole rings is 1. The summed E-state index contributed by atoms with van der Waals surface area (Å²) in [5, 5.41) is 4.93. The molecule has 1 aromatic rings. The summed E-state index contributed by atoms with van der Waals surface area (Å²) < 4.78 is 0. The summed E-state index contributed by atoms with van der Waals surface area (Å²) in [7, 11) is 2.08. The van der Waals surface area contributed by atoms with Crippen LogP contribution in [0.5, 0.6) is 0 Å². The Labute approximate surface area is 106 Å². The number of nitrogens with one attached hydrogen (secondary N) is 1. The Morgan fingerprint density at radius 2 is 2.35 bits per heavy atom. The number of amides is 1. The van der Waals surface area contributed by atoms with E-state index in [1.165, 1.54) is 11.3 Å². The molecule has 0 aromatic carbocycles. The van der Waals surface area contributed by atoms with E-state index in [1.54, 1.807) is 5.38 Å². The normalized spacial score (nSPS) is 11.1.